The summed E-state index contributed by atoms with van der Waals surface area (Å²) in [5.74, 6) is 0.157. The number of hydrogen-bond acceptors (Lipinski definition) is 1. The fourth-order valence-corrected chi connectivity index (χ4v) is 3.72. The van der Waals surface area contributed by atoms with E-state index in [2.05, 4.69) is 11.8 Å². The lowest BCUT2D eigenvalue weighted by Gasteiger charge is -2.34. The second-order valence-electron chi connectivity index (χ2n) is 6.72. The summed E-state index contributed by atoms with van der Waals surface area (Å²) >= 11 is 0. The zero-order valence-corrected chi connectivity index (χ0v) is 15.0. The molecule has 0 atom stereocenters. The van der Waals surface area contributed by atoms with Crippen molar-refractivity contribution >= 4 is 17.6 Å². The van der Waals surface area contributed by atoms with Crippen molar-refractivity contribution in [2.45, 2.75) is 45.1 Å². The van der Waals surface area contributed by atoms with Crippen LogP contribution in [0.15, 0.2) is 60.7 Å². The Balaban J connectivity index is 1.95. The molecule has 0 heterocycles. The first-order chi connectivity index (χ1) is 12.3. The zero-order chi connectivity index (χ0) is 17.5. The van der Waals surface area contributed by atoms with Gasteiger partial charge in [0.05, 0.1) is 0 Å². The Morgan fingerprint density at radius 2 is 1.56 bits per heavy atom. The van der Waals surface area contributed by atoms with Crippen LogP contribution in [-0.2, 0) is 4.79 Å². The largest absolute Gasteiger partial charge is 0.336 e. The van der Waals surface area contributed by atoms with Crippen LogP contribution < -0.4 is 0 Å². The lowest BCUT2D eigenvalue weighted by Crippen LogP contribution is -2.41. The lowest BCUT2D eigenvalue weighted by molar-refractivity contribution is -0.127. The van der Waals surface area contributed by atoms with E-state index in [-0.39, 0.29) is 5.91 Å². The molecule has 1 aliphatic rings. The maximum Gasteiger partial charge on any atom is 0.254 e. The van der Waals surface area contributed by atoms with Crippen LogP contribution >= 0.6 is 0 Å². The van der Waals surface area contributed by atoms with Crippen LogP contribution in [0.4, 0.5) is 0 Å². The smallest absolute Gasteiger partial charge is 0.254 e. The molecule has 0 bridgehead atoms. The highest BCUT2D eigenvalue weighted by atomic mass is 16.2. The quantitative estimate of drug-likeness (QED) is 0.529. The molecule has 25 heavy (non-hydrogen) atoms. The van der Waals surface area contributed by atoms with E-state index in [4.69, 9.17) is 0 Å². The van der Waals surface area contributed by atoms with Gasteiger partial charge in [0.15, 0.2) is 0 Å². The average Bonchev–Trinajstić information content (AvgIpc) is 2.69. The number of hydrogen-bond donors (Lipinski definition) is 0. The zero-order valence-electron chi connectivity index (χ0n) is 15.0. The van der Waals surface area contributed by atoms with Gasteiger partial charge in [-0.05, 0) is 37.0 Å². The van der Waals surface area contributed by atoms with Crippen molar-refractivity contribution in [1.29, 1.82) is 0 Å². The maximum absolute atomic E-state index is 13.4. The number of likely N-dealkylation sites (N-methyl/N-ethyl adjacent to an activating group) is 1. The van der Waals surface area contributed by atoms with E-state index in [1.807, 2.05) is 66.7 Å². The summed E-state index contributed by atoms with van der Waals surface area (Å²) in [7, 11) is 0. The molecule has 2 aromatic carbocycles. The highest BCUT2D eigenvalue weighted by molar-refractivity contribution is 6.24. The number of rotatable bonds is 5. The standard InChI is InChI=1S/C23H27NO/c1-2-24(21-16-10-5-11-17-21)23(25)22(20-14-8-4-9-15-20)18-19-12-6-3-7-13-19/h3-4,6-9,12-15,18,21H,2,5,10-11,16-17H2,1H3/b22-18-. The average molecular weight is 333 g/mol. The molecule has 0 aliphatic heterocycles. The van der Waals surface area contributed by atoms with Gasteiger partial charge >= 0.3 is 0 Å². The van der Waals surface area contributed by atoms with Gasteiger partial charge in [-0.3, -0.25) is 4.79 Å². The number of amides is 1. The van der Waals surface area contributed by atoms with Crippen molar-refractivity contribution < 1.29 is 4.79 Å². The SMILES string of the molecule is CCN(C(=O)/C(=C\c1ccccc1)c1ccccc1)C1CCCCC1. The summed E-state index contributed by atoms with van der Waals surface area (Å²) in [6, 6.07) is 20.6. The number of carbonyl (C=O) groups is 1. The van der Waals surface area contributed by atoms with E-state index in [1.54, 1.807) is 0 Å². The molecule has 0 unspecified atom stereocenters. The Kier molecular flexibility index (Phi) is 6.05. The van der Waals surface area contributed by atoms with Crippen molar-refractivity contribution in [3.63, 3.8) is 0 Å². The van der Waals surface area contributed by atoms with Crippen molar-refractivity contribution in [2.75, 3.05) is 6.54 Å². The Hall–Kier alpha value is -2.35. The van der Waals surface area contributed by atoms with Gasteiger partial charge in [-0.2, -0.15) is 0 Å². The first kappa shape index (κ1) is 17.5. The molecule has 2 heteroatoms. The monoisotopic (exact) mass is 333 g/mol. The highest BCUT2D eigenvalue weighted by Crippen LogP contribution is 2.27. The molecule has 1 aliphatic carbocycles. The normalized spacial score (nSPS) is 15.8. The van der Waals surface area contributed by atoms with E-state index in [0.717, 1.165) is 36.1 Å². The second kappa shape index (κ2) is 8.66. The molecule has 1 amide bonds. The van der Waals surface area contributed by atoms with E-state index >= 15 is 0 Å². The third-order valence-corrected chi connectivity index (χ3v) is 5.04. The van der Waals surface area contributed by atoms with E-state index in [0.29, 0.717) is 6.04 Å². The van der Waals surface area contributed by atoms with Crippen molar-refractivity contribution in [1.82, 2.24) is 4.90 Å². The number of benzene rings is 2. The van der Waals surface area contributed by atoms with Crippen LogP contribution in [0, 0.1) is 0 Å². The molecule has 2 nitrogen and oxygen atoms in total. The minimum Gasteiger partial charge on any atom is -0.336 e. The molecule has 1 fully saturated rings. The Morgan fingerprint density at radius 1 is 0.960 bits per heavy atom. The number of nitrogens with zero attached hydrogens (tertiary/aromatic N) is 1. The Bertz CT molecular complexity index is 699. The predicted molar refractivity (Wildman–Crippen MR) is 105 cm³/mol. The minimum atomic E-state index is 0.157. The van der Waals surface area contributed by atoms with Crippen LogP contribution in [0.25, 0.3) is 11.6 Å². The summed E-state index contributed by atoms with van der Waals surface area (Å²) < 4.78 is 0. The van der Waals surface area contributed by atoms with E-state index in [1.165, 1.54) is 19.3 Å². The minimum absolute atomic E-state index is 0.157. The topological polar surface area (TPSA) is 20.3 Å². The second-order valence-corrected chi connectivity index (χ2v) is 6.72. The lowest BCUT2D eigenvalue weighted by atomic mass is 9.92. The summed E-state index contributed by atoms with van der Waals surface area (Å²) in [6.45, 7) is 2.86. The Labute approximate surface area is 151 Å². The summed E-state index contributed by atoms with van der Waals surface area (Å²) in [6.07, 6.45) is 8.06. The van der Waals surface area contributed by atoms with Gasteiger partial charge in [-0.15, -0.1) is 0 Å². The molecule has 0 aromatic heterocycles. The van der Waals surface area contributed by atoms with Crippen LogP contribution in [0.2, 0.25) is 0 Å². The highest BCUT2D eigenvalue weighted by Gasteiger charge is 2.26. The molecule has 0 saturated heterocycles. The van der Waals surface area contributed by atoms with Gasteiger partial charge in [0.25, 0.3) is 5.91 Å². The molecular weight excluding hydrogens is 306 g/mol. The fraction of sp³-hybridized carbons (Fsp3) is 0.348. The fourth-order valence-electron chi connectivity index (χ4n) is 3.72. The molecule has 3 rings (SSSR count). The van der Waals surface area contributed by atoms with E-state index < -0.39 is 0 Å². The van der Waals surface area contributed by atoms with Gasteiger partial charge in [0.2, 0.25) is 0 Å². The van der Waals surface area contributed by atoms with Crippen LogP contribution in [0.1, 0.15) is 50.2 Å². The molecular formula is C23H27NO. The number of carbonyl (C=O) groups excluding carboxylic acids is 1. The Morgan fingerprint density at radius 3 is 2.16 bits per heavy atom. The van der Waals surface area contributed by atoms with Crippen LogP contribution in [0.3, 0.4) is 0 Å². The molecule has 1 saturated carbocycles. The molecule has 0 radical (unpaired) electrons. The molecule has 0 N–H and O–H groups in total. The van der Waals surface area contributed by atoms with Gasteiger partial charge in [0, 0.05) is 18.2 Å². The third-order valence-electron chi connectivity index (χ3n) is 5.04. The van der Waals surface area contributed by atoms with Crippen molar-refractivity contribution in [3.8, 4) is 0 Å². The molecule has 2 aromatic rings. The van der Waals surface area contributed by atoms with Crippen LogP contribution in [0.5, 0.6) is 0 Å². The first-order valence-corrected chi connectivity index (χ1v) is 9.42. The van der Waals surface area contributed by atoms with Gasteiger partial charge in [-0.1, -0.05) is 79.9 Å². The van der Waals surface area contributed by atoms with Crippen molar-refractivity contribution in [2.24, 2.45) is 0 Å². The van der Waals surface area contributed by atoms with Gasteiger partial charge < -0.3 is 4.90 Å². The summed E-state index contributed by atoms with van der Waals surface area (Å²) in [5.41, 5.74) is 2.85. The summed E-state index contributed by atoms with van der Waals surface area (Å²) in [5, 5.41) is 0. The first-order valence-electron chi connectivity index (χ1n) is 9.42. The van der Waals surface area contributed by atoms with E-state index in [9.17, 15) is 4.79 Å². The molecule has 0 spiro atoms. The third kappa shape index (κ3) is 4.39. The maximum atomic E-state index is 13.4. The van der Waals surface area contributed by atoms with Gasteiger partial charge in [-0.25, -0.2) is 0 Å². The predicted octanol–water partition coefficient (Wildman–Crippen LogP) is 5.41. The van der Waals surface area contributed by atoms with Gasteiger partial charge in [0.1, 0.15) is 0 Å². The summed E-state index contributed by atoms with van der Waals surface area (Å²) in [4.78, 5) is 15.5. The molecule has 130 valence electrons. The van der Waals surface area contributed by atoms with Crippen LogP contribution in [-0.4, -0.2) is 23.4 Å². The van der Waals surface area contributed by atoms with Crippen molar-refractivity contribution in [3.05, 3.63) is 71.8 Å².